The van der Waals surface area contributed by atoms with E-state index in [2.05, 4.69) is 10.4 Å². The fourth-order valence-corrected chi connectivity index (χ4v) is 6.00. The van der Waals surface area contributed by atoms with Crippen molar-refractivity contribution in [2.24, 2.45) is 0 Å². The molecule has 2 aromatic heterocycles. The van der Waals surface area contributed by atoms with E-state index in [9.17, 15) is 9.59 Å². The minimum atomic E-state index is -0.370. The zero-order chi connectivity index (χ0) is 24.2. The normalized spacial score (nSPS) is 12.4. The van der Waals surface area contributed by atoms with Crippen LogP contribution in [0.3, 0.4) is 0 Å². The van der Waals surface area contributed by atoms with Crippen molar-refractivity contribution in [3.05, 3.63) is 76.7 Å². The fourth-order valence-electron chi connectivity index (χ4n) is 4.08. The predicted octanol–water partition coefficient (Wildman–Crippen LogP) is 5.39. The first-order chi connectivity index (χ1) is 17.1. The third kappa shape index (κ3) is 5.01. The Kier molecular flexibility index (Phi) is 6.96. The van der Waals surface area contributed by atoms with E-state index in [-0.39, 0.29) is 17.6 Å². The third-order valence-electron chi connectivity index (χ3n) is 5.61. The lowest BCUT2D eigenvalue weighted by molar-refractivity contribution is -0.113. The second-order valence-electron chi connectivity index (χ2n) is 7.95. The Hall–Kier alpha value is -3.43. The van der Waals surface area contributed by atoms with Crippen LogP contribution in [0.5, 0.6) is 0 Å². The van der Waals surface area contributed by atoms with Crippen molar-refractivity contribution in [2.45, 2.75) is 31.3 Å². The highest BCUT2D eigenvalue weighted by atomic mass is 32.2. The van der Waals surface area contributed by atoms with Crippen molar-refractivity contribution in [1.29, 1.82) is 0 Å². The van der Waals surface area contributed by atoms with Gasteiger partial charge >= 0.3 is 5.97 Å². The van der Waals surface area contributed by atoms with E-state index < -0.39 is 0 Å². The maximum absolute atomic E-state index is 12.8. The van der Waals surface area contributed by atoms with Crippen LogP contribution in [0.15, 0.2) is 65.8 Å². The maximum atomic E-state index is 12.8. The number of benzene rings is 2. The predicted molar refractivity (Wildman–Crippen MR) is 138 cm³/mol. The van der Waals surface area contributed by atoms with Gasteiger partial charge in [0.25, 0.3) is 0 Å². The number of fused-ring (bicyclic) bond motifs is 1. The van der Waals surface area contributed by atoms with Crippen molar-refractivity contribution < 1.29 is 14.3 Å². The monoisotopic (exact) mass is 504 g/mol. The zero-order valence-corrected chi connectivity index (χ0v) is 20.8. The molecule has 0 unspecified atom stereocenters. The van der Waals surface area contributed by atoms with Crippen molar-refractivity contribution in [2.75, 3.05) is 17.7 Å². The number of hydrogen-bond acceptors (Lipinski definition) is 7. The summed E-state index contributed by atoms with van der Waals surface area (Å²) >= 11 is 2.74. The van der Waals surface area contributed by atoms with E-state index in [1.807, 2.05) is 60.7 Å². The summed E-state index contributed by atoms with van der Waals surface area (Å²) in [5.41, 5.74) is 3.36. The van der Waals surface area contributed by atoms with Gasteiger partial charge < -0.3 is 10.1 Å². The average Bonchev–Trinajstić information content (AvgIpc) is 3.59. The van der Waals surface area contributed by atoms with Gasteiger partial charge in [-0.25, -0.2) is 14.5 Å². The zero-order valence-electron chi connectivity index (χ0n) is 19.2. The summed E-state index contributed by atoms with van der Waals surface area (Å²) in [4.78, 5) is 31.3. The molecule has 0 spiro atoms. The van der Waals surface area contributed by atoms with Gasteiger partial charge in [0.05, 0.1) is 23.6 Å². The number of rotatable bonds is 8. The Morgan fingerprint density at radius 3 is 2.57 bits per heavy atom. The number of esters is 1. The third-order valence-corrected chi connectivity index (χ3v) is 7.65. The van der Waals surface area contributed by atoms with Gasteiger partial charge in [-0.1, -0.05) is 60.3 Å². The fraction of sp³-hybridized carbons (Fsp3) is 0.231. The molecule has 0 saturated heterocycles. The van der Waals surface area contributed by atoms with Gasteiger partial charge in [-0.15, -0.1) is 16.4 Å². The van der Waals surface area contributed by atoms with E-state index in [4.69, 9.17) is 9.72 Å². The van der Waals surface area contributed by atoms with Gasteiger partial charge in [-0.3, -0.25) is 4.79 Å². The van der Waals surface area contributed by atoms with Crippen molar-refractivity contribution in [3.8, 4) is 17.1 Å². The van der Waals surface area contributed by atoms with Gasteiger partial charge in [0.15, 0.2) is 5.82 Å². The molecular formula is C26H24N4O3S2. The Labute approximate surface area is 211 Å². The highest BCUT2D eigenvalue weighted by molar-refractivity contribution is 7.99. The number of hydrogen-bond donors (Lipinski definition) is 1. The second kappa shape index (κ2) is 10.5. The van der Waals surface area contributed by atoms with E-state index in [1.54, 1.807) is 11.6 Å². The average molecular weight is 505 g/mol. The highest BCUT2D eigenvalue weighted by Gasteiger charge is 2.28. The number of amides is 1. The number of nitrogens with zero attached hydrogens (tertiary/aromatic N) is 3. The van der Waals surface area contributed by atoms with E-state index in [1.165, 1.54) is 23.1 Å². The number of ether oxygens (including phenoxy) is 1. The minimum Gasteiger partial charge on any atom is -0.462 e. The molecule has 1 aliphatic rings. The molecule has 4 aromatic rings. The first-order valence-corrected chi connectivity index (χ1v) is 13.3. The molecule has 7 nitrogen and oxygen atoms in total. The molecule has 0 radical (unpaired) electrons. The number of carbonyl (C=O) groups is 2. The van der Waals surface area contributed by atoms with Crippen molar-refractivity contribution in [3.63, 3.8) is 0 Å². The Morgan fingerprint density at radius 2 is 1.83 bits per heavy atom. The second-order valence-corrected chi connectivity index (χ2v) is 10.00. The number of aromatic nitrogens is 3. The quantitative estimate of drug-likeness (QED) is 0.256. The van der Waals surface area contributed by atoms with E-state index in [0.29, 0.717) is 28.2 Å². The Morgan fingerprint density at radius 1 is 1.09 bits per heavy atom. The van der Waals surface area contributed by atoms with Crippen LogP contribution in [-0.4, -0.2) is 39.0 Å². The van der Waals surface area contributed by atoms with Crippen LogP contribution >= 0.6 is 23.1 Å². The summed E-state index contributed by atoms with van der Waals surface area (Å²) in [5.74, 6) is 0.250. The number of para-hydroxylation sites is 1. The molecule has 0 bridgehead atoms. The molecule has 178 valence electrons. The summed E-state index contributed by atoms with van der Waals surface area (Å²) in [6.45, 7) is 2.08. The lowest BCUT2D eigenvalue weighted by atomic mass is 10.1. The molecule has 2 aromatic carbocycles. The largest absolute Gasteiger partial charge is 0.462 e. The van der Waals surface area contributed by atoms with Gasteiger partial charge in [0.1, 0.15) is 5.00 Å². The number of carbonyl (C=O) groups excluding carboxylic acids is 2. The molecule has 1 amide bonds. The van der Waals surface area contributed by atoms with Crippen LogP contribution in [0.25, 0.3) is 17.1 Å². The lowest BCUT2D eigenvalue weighted by Crippen LogP contribution is -2.16. The van der Waals surface area contributed by atoms with Gasteiger partial charge in [-0.2, -0.15) is 0 Å². The molecule has 0 saturated carbocycles. The van der Waals surface area contributed by atoms with Crippen LogP contribution in [-0.2, 0) is 22.4 Å². The van der Waals surface area contributed by atoms with Crippen LogP contribution in [0.2, 0.25) is 0 Å². The number of thioether (sulfide) groups is 1. The maximum Gasteiger partial charge on any atom is 0.341 e. The van der Waals surface area contributed by atoms with Crippen molar-refractivity contribution in [1.82, 2.24) is 14.8 Å². The SMILES string of the molecule is CCOC(=O)c1c(NC(=O)CSc2nc(-c3ccccc3)n(-c3ccccc3)n2)sc2c1CCC2. The van der Waals surface area contributed by atoms with E-state index >= 15 is 0 Å². The summed E-state index contributed by atoms with van der Waals surface area (Å²) in [6, 6.07) is 19.6. The molecule has 5 rings (SSSR count). The van der Waals surface area contributed by atoms with Gasteiger partial charge in [0.2, 0.25) is 11.1 Å². The first-order valence-electron chi connectivity index (χ1n) is 11.5. The number of thiophene rings is 1. The van der Waals surface area contributed by atoms with Crippen LogP contribution in [0.4, 0.5) is 5.00 Å². The number of anilines is 1. The molecule has 35 heavy (non-hydrogen) atoms. The highest BCUT2D eigenvalue weighted by Crippen LogP contribution is 2.39. The molecule has 1 aliphatic carbocycles. The first kappa shape index (κ1) is 23.3. The summed E-state index contributed by atoms with van der Waals surface area (Å²) in [7, 11) is 0. The topological polar surface area (TPSA) is 86.1 Å². The summed E-state index contributed by atoms with van der Waals surface area (Å²) in [5, 5.41) is 8.67. The smallest absolute Gasteiger partial charge is 0.341 e. The van der Waals surface area contributed by atoms with Crippen LogP contribution in [0.1, 0.15) is 34.1 Å². The van der Waals surface area contributed by atoms with Crippen LogP contribution < -0.4 is 5.32 Å². The Balaban J connectivity index is 1.34. The molecule has 1 N–H and O–H groups in total. The molecule has 0 fully saturated rings. The van der Waals surface area contributed by atoms with E-state index in [0.717, 1.165) is 41.0 Å². The molecule has 2 heterocycles. The Bertz CT molecular complexity index is 1290. The molecule has 9 heteroatoms. The van der Waals surface area contributed by atoms with Crippen molar-refractivity contribution >= 4 is 40.0 Å². The number of nitrogens with one attached hydrogen (secondary N) is 1. The summed E-state index contributed by atoms with van der Waals surface area (Å²) < 4.78 is 7.04. The molecular weight excluding hydrogens is 480 g/mol. The summed E-state index contributed by atoms with van der Waals surface area (Å²) in [6.07, 6.45) is 2.80. The van der Waals surface area contributed by atoms with Gasteiger partial charge in [-0.05, 0) is 43.9 Å². The number of aryl methyl sites for hydroxylation is 1. The molecule has 0 aliphatic heterocycles. The lowest BCUT2D eigenvalue weighted by Gasteiger charge is -2.07. The van der Waals surface area contributed by atoms with Gasteiger partial charge in [0, 0.05) is 10.4 Å². The minimum absolute atomic E-state index is 0.123. The molecule has 0 atom stereocenters. The standard InChI is InChI=1S/C26H24N4O3S2/c1-2-33-25(32)22-19-14-9-15-20(19)35-24(22)27-21(31)16-34-26-28-23(17-10-5-3-6-11-17)30(29-26)18-12-7-4-8-13-18/h3-8,10-13H,2,9,14-16H2,1H3,(H,27,31). The van der Waals surface area contributed by atoms with Crippen LogP contribution in [0, 0.1) is 0 Å².